The van der Waals surface area contributed by atoms with Crippen LogP contribution in [0.4, 0.5) is 5.69 Å². The molecule has 4 nitrogen and oxygen atoms in total. The van der Waals surface area contributed by atoms with E-state index in [0.29, 0.717) is 5.41 Å². The zero-order valence-electron chi connectivity index (χ0n) is 15.2. The van der Waals surface area contributed by atoms with E-state index in [9.17, 15) is 0 Å². The average Bonchev–Trinajstić information content (AvgIpc) is 3.26. The van der Waals surface area contributed by atoms with Crippen LogP contribution in [0.3, 0.4) is 0 Å². The number of fused-ring (bicyclic) bond motifs is 2. The molecule has 2 fully saturated rings. The van der Waals surface area contributed by atoms with Crippen molar-refractivity contribution in [3.63, 3.8) is 0 Å². The van der Waals surface area contributed by atoms with Crippen molar-refractivity contribution in [2.24, 2.45) is 5.41 Å². The minimum Gasteiger partial charge on any atom is -0.384 e. The molecule has 134 valence electrons. The third-order valence-corrected chi connectivity index (χ3v) is 6.51. The fourth-order valence-electron chi connectivity index (χ4n) is 4.50. The van der Waals surface area contributed by atoms with E-state index < -0.39 is 0 Å². The lowest BCUT2D eigenvalue weighted by Crippen LogP contribution is -2.24. The van der Waals surface area contributed by atoms with E-state index in [0.717, 1.165) is 22.7 Å². The van der Waals surface area contributed by atoms with Gasteiger partial charge in [-0.1, -0.05) is 47.9 Å². The summed E-state index contributed by atoms with van der Waals surface area (Å²) in [5, 5.41) is 8.03. The fourth-order valence-corrected chi connectivity index (χ4v) is 4.90. The molecule has 1 heterocycles. The lowest BCUT2D eigenvalue weighted by atomic mass is 9.81. The number of halogens is 1. The van der Waals surface area contributed by atoms with E-state index in [1.165, 1.54) is 37.8 Å². The summed E-state index contributed by atoms with van der Waals surface area (Å²) in [4.78, 5) is 4.79. The minimum atomic E-state index is -0.0849. The van der Waals surface area contributed by atoms with Gasteiger partial charge in [0.2, 0.25) is 5.89 Å². The second-order valence-corrected chi connectivity index (χ2v) is 9.91. The molecule has 2 aromatic rings. The highest BCUT2D eigenvalue weighted by molar-refractivity contribution is 9.10. The first kappa shape index (κ1) is 17.1. The van der Waals surface area contributed by atoms with Crippen LogP contribution in [0.1, 0.15) is 64.6 Å². The van der Waals surface area contributed by atoms with Crippen molar-refractivity contribution in [2.45, 2.75) is 63.7 Å². The zero-order chi connectivity index (χ0) is 17.7. The van der Waals surface area contributed by atoms with E-state index >= 15 is 0 Å². The van der Waals surface area contributed by atoms with E-state index in [2.05, 4.69) is 71.4 Å². The number of hydrogen-bond acceptors (Lipinski definition) is 4. The molecule has 0 saturated heterocycles. The summed E-state index contributed by atoms with van der Waals surface area (Å²) in [6.45, 7) is 7.39. The van der Waals surface area contributed by atoms with Gasteiger partial charge in [0.15, 0.2) is 5.82 Å². The van der Waals surface area contributed by atoms with Crippen LogP contribution >= 0.6 is 15.9 Å². The summed E-state index contributed by atoms with van der Waals surface area (Å²) in [7, 11) is 0. The molecule has 4 rings (SSSR count). The maximum atomic E-state index is 5.58. The molecule has 0 unspecified atom stereocenters. The molecule has 2 aliphatic carbocycles. The predicted molar refractivity (Wildman–Crippen MR) is 103 cm³/mol. The van der Waals surface area contributed by atoms with E-state index in [1.807, 2.05) is 0 Å². The Kier molecular flexibility index (Phi) is 3.98. The van der Waals surface area contributed by atoms with Crippen molar-refractivity contribution >= 4 is 21.6 Å². The number of benzene rings is 1. The van der Waals surface area contributed by atoms with Crippen molar-refractivity contribution in [2.75, 3.05) is 11.9 Å². The summed E-state index contributed by atoms with van der Waals surface area (Å²) in [5.74, 6) is 1.70. The topological polar surface area (TPSA) is 51.0 Å². The number of hydrogen-bond donors (Lipinski definition) is 1. The normalized spacial score (nSPS) is 28.5. The first-order valence-electron chi connectivity index (χ1n) is 9.15. The summed E-state index contributed by atoms with van der Waals surface area (Å²) < 4.78 is 6.69. The Morgan fingerprint density at radius 1 is 1.20 bits per heavy atom. The van der Waals surface area contributed by atoms with Crippen LogP contribution in [-0.2, 0) is 10.8 Å². The van der Waals surface area contributed by atoms with Gasteiger partial charge in [-0.3, -0.25) is 0 Å². The van der Waals surface area contributed by atoms with Gasteiger partial charge in [-0.05, 0) is 55.7 Å². The number of nitrogens with zero attached hydrogens (tertiary/aromatic N) is 2. The highest BCUT2D eigenvalue weighted by Crippen LogP contribution is 2.61. The highest BCUT2D eigenvalue weighted by Gasteiger charge is 2.57. The van der Waals surface area contributed by atoms with Gasteiger partial charge in [0.25, 0.3) is 0 Å². The van der Waals surface area contributed by atoms with Crippen LogP contribution in [-0.4, -0.2) is 16.7 Å². The number of aromatic nitrogens is 2. The Labute approximate surface area is 157 Å². The second-order valence-electron chi connectivity index (χ2n) is 8.99. The standard InChI is InChI=1S/C20H26BrN3O/c1-18(2,3)17-23-16(24-25-17)20-9-7-19(12-20,8-10-20)13-22-15-6-4-5-14(21)11-15/h4-6,11,22H,7-10,12-13H2,1-3H3. The first-order valence-corrected chi connectivity index (χ1v) is 9.94. The third-order valence-electron chi connectivity index (χ3n) is 6.02. The van der Waals surface area contributed by atoms with Crippen molar-refractivity contribution < 1.29 is 4.52 Å². The molecule has 0 radical (unpaired) electrons. The van der Waals surface area contributed by atoms with E-state index in [1.54, 1.807) is 0 Å². The van der Waals surface area contributed by atoms with Crippen LogP contribution in [0.5, 0.6) is 0 Å². The summed E-state index contributed by atoms with van der Waals surface area (Å²) in [5.41, 5.74) is 1.60. The fraction of sp³-hybridized carbons (Fsp3) is 0.600. The number of nitrogens with one attached hydrogen (secondary N) is 1. The largest absolute Gasteiger partial charge is 0.384 e. The van der Waals surface area contributed by atoms with E-state index in [4.69, 9.17) is 9.51 Å². The molecule has 2 aliphatic rings. The van der Waals surface area contributed by atoms with Crippen LogP contribution in [0.25, 0.3) is 0 Å². The molecule has 2 saturated carbocycles. The molecule has 0 atom stereocenters. The van der Waals surface area contributed by atoms with Gasteiger partial charge in [0.1, 0.15) is 0 Å². The maximum absolute atomic E-state index is 5.58. The summed E-state index contributed by atoms with van der Waals surface area (Å²) >= 11 is 3.54. The Hall–Kier alpha value is -1.36. The molecule has 0 spiro atoms. The lowest BCUT2D eigenvalue weighted by molar-refractivity contribution is 0.302. The van der Waals surface area contributed by atoms with Crippen molar-refractivity contribution in [1.82, 2.24) is 10.1 Å². The van der Waals surface area contributed by atoms with Crippen molar-refractivity contribution in [3.05, 3.63) is 40.5 Å². The zero-order valence-corrected chi connectivity index (χ0v) is 16.8. The molecular weight excluding hydrogens is 378 g/mol. The SMILES string of the molecule is CC(C)(C)c1nc(C23CCC(CNc4cccc(Br)c4)(CC2)C3)no1. The third kappa shape index (κ3) is 3.12. The Balaban J connectivity index is 1.48. The van der Waals surface area contributed by atoms with Gasteiger partial charge in [-0.15, -0.1) is 0 Å². The van der Waals surface area contributed by atoms with Crippen LogP contribution < -0.4 is 5.32 Å². The highest BCUT2D eigenvalue weighted by atomic mass is 79.9. The lowest BCUT2D eigenvalue weighted by Gasteiger charge is -2.27. The van der Waals surface area contributed by atoms with Gasteiger partial charge in [-0.25, -0.2) is 0 Å². The van der Waals surface area contributed by atoms with E-state index in [-0.39, 0.29) is 10.8 Å². The maximum Gasteiger partial charge on any atom is 0.232 e. The van der Waals surface area contributed by atoms with Gasteiger partial charge in [-0.2, -0.15) is 4.98 Å². The number of rotatable bonds is 4. The van der Waals surface area contributed by atoms with Gasteiger partial charge in [0, 0.05) is 27.5 Å². The van der Waals surface area contributed by atoms with Crippen LogP contribution in [0.2, 0.25) is 0 Å². The summed E-state index contributed by atoms with van der Waals surface area (Å²) in [6, 6.07) is 8.41. The molecular formula is C20H26BrN3O. The van der Waals surface area contributed by atoms with Crippen molar-refractivity contribution in [3.8, 4) is 0 Å². The van der Waals surface area contributed by atoms with Gasteiger partial charge < -0.3 is 9.84 Å². The van der Waals surface area contributed by atoms with Crippen LogP contribution in [0.15, 0.2) is 33.3 Å². The van der Waals surface area contributed by atoms with Crippen molar-refractivity contribution in [1.29, 1.82) is 0 Å². The molecule has 0 amide bonds. The minimum absolute atomic E-state index is 0.0849. The monoisotopic (exact) mass is 403 g/mol. The Morgan fingerprint density at radius 2 is 1.96 bits per heavy atom. The van der Waals surface area contributed by atoms with Gasteiger partial charge >= 0.3 is 0 Å². The second kappa shape index (κ2) is 5.83. The Bertz CT molecular complexity index is 769. The first-order chi connectivity index (χ1) is 11.8. The molecule has 2 bridgehead atoms. The molecule has 1 aromatic heterocycles. The Morgan fingerprint density at radius 3 is 2.60 bits per heavy atom. The molecule has 5 heteroatoms. The molecule has 1 aromatic carbocycles. The predicted octanol–water partition coefficient (Wildman–Crippen LogP) is 5.44. The smallest absolute Gasteiger partial charge is 0.232 e. The van der Waals surface area contributed by atoms with Gasteiger partial charge in [0.05, 0.1) is 0 Å². The summed E-state index contributed by atoms with van der Waals surface area (Å²) in [6.07, 6.45) is 6.01. The quantitative estimate of drug-likeness (QED) is 0.737. The molecule has 0 aliphatic heterocycles. The molecule has 25 heavy (non-hydrogen) atoms. The number of anilines is 1. The molecule has 1 N–H and O–H groups in total. The average molecular weight is 404 g/mol. The van der Waals surface area contributed by atoms with Crippen LogP contribution in [0, 0.1) is 5.41 Å².